The molecule has 0 bridgehead atoms. The lowest BCUT2D eigenvalue weighted by Crippen LogP contribution is -2.29. The van der Waals surface area contributed by atoms with Crippen LogP contribution in [0.25, 0.3) is 0 Å². The Labute approximate surface area is 115 Å². The Bertz CT molecular complexity index is 526. The van der Waals surface area contributed by atoms with Crippen LogP contribution in [0, 0.1) is 5.41 Å². The summed E-state index contributed by atoms with van der Waals surface area (Å²) in [5, 5.41) is 0.426. The van der Waals surface area contributed by atoms with Gasteiger partial charge in [0.2, 0.25) is 5.17 Å². The fourth-order valence-corrected chi connectivity index (χ4v) is 2.98. The summed E-state index contributed by atoms with van der Waals surface area (Å²) in [6, 6.07) is 0. The molecule has 104 valence electrons. The molecule has 0 saturated carbocycles. The van der Waals surface area contributed by atoms with Crippen molar-refractivity contribution in [1.82, 2.24) is 4.90 Å². The summed E-state index contributed by atoms with van der Waals surface area (Å²) in [7, 11) is -1.54. The molecule has 2 aliphatic rings. The van der Waals surface area contributed by atoms with E-state index in [1.165, 1.54) is 0 Å². The van der Waals surface area contributed by atoms with Gasteiger partial charge < -0.3 is 9.64 Å². The standard InChI is InChI=1S/C13H18N2O3S/c1-5-18-11(16)9-8-15-7-6-10(13(2,3)4)14-12(15)19(9)17/h6,8H,5,7H2,1-4H3. The van der Waals surface area contributed by atoms with E-state index in [1.807, 2.05) is 6.08 Å². The second-order valence-electron chi connectivity index (χ2n) is 5.37. The van der Waals surface area contributed by atoms with Crippen LogP contribution in [-0.2, 0) is 20.3 Å². The van der Waals surface area contributed by atoms with Gasteiger partial charge in [-0.1, -0.05) is 20.8 Å². The number of aliphatic imine (C=N–C) groups is 1. The maximum atomic E-state index is 12.3. The number of carbonyl (C=O) groups excluding carboxylic acids is 1. The largest absolute Gasteiger partial charge is 0.462 e. The van der Waals surface area contributed by atoms with Crippen LogP contribution in [0.3, 0.4) is 0 Å². The highest BCUT2D eigenvalue weighted by Gasteiger charge is 2.36. The van der Waals surface area contributed by atoms with Crippen molar-refractivity contribution in [3.63, 3.8) is 0 Å². The molecular weight excluding hydrogens is 264 g/mol. The molecule has 2 rings (SSSR count). The third-order valence-corrected chi connectivity index (χ3v) is 4.16. The van der Waals surface area contributed by atoms with Gasteiger partial charge in [-0.25, -0.2) is 14.0 Å². The van der Waals surface area contributed by atoms with E-state index in [1.54, 1.807) is 18.0 Å². The van der Waals surface area contributed by atoms with E-state index in [9.17, 15) is 9.00 Å². The second-order valence-corrected chi connectivity index (χ2v) is 6.71. The van der Waals surface area contributed by atoms with Crippen LogP contribution in [0.2, 0.25) is 0 Å². The van der Waals surface area contributed by atoms with Crippen molar-refractivity contribution in [2.75, 3.05) is 13.2 Å². The molecule has 5 nitrogen and oxygen atoms in total. The molecule has 0 saturated heterocycles. The highest BCUT2D eigenvalue weighted by Crippen LogP contribution is 2.31. The molecule has 0 N–H and O–H groups in total. The number of rotatable bonds is 2. The number of carbonyl (C=O) groups is 1. The zero-order valence-electron chi connectivity index (χ0n) is 11.6. The molecule has 0 aromatic heterocycles. The van der Waals surface area contributed by atoms with E-state index in [0.29, 0.717) is 11.7 Å². The number of hydrogen-bond acceptors (Lipinski definition) is 5. The predicted octanol–water partition coefficient (Wildman–Crippen LogP) is 1.75. The molecule has 2 aliphatic heterocycles. The van der Waals surface area contributed by atoms with Crippen LogP contribution in [0.15, 0.2) is 27.9 Å². The minimum absolute atomic E-state index is 0.101. The molecule has 0 fully saturated rings. The zero-order chi connectivity index (χ0) is 14.2. The number of amidine groups is 1. The van der Waals surface area contributed by atoms with Crippen LogP contribution in [-0.4, -0.2) is 33.4 Å². The molecular formula is C13H18N2O3S. The maximum Gasteiger partial charge on any atom is 0.349 e. The zero-order valence-corrected chi connectivity index (χ0v) is 12.4. The van der Waals surface area contributed by atoms with Crippen molar-refractivity contribution in [2.45, 2.75) is 27.7 Å². The van der Waals surface area contributed by atoms with Crippen molar-refractivity contribution in [1.29, 1.82) is 0 Å². The normalized spacial score (nSPS) is 22.4. The quantitative estimate of drug-likeness (QED) is 0.724. The summed E-state index contributed by atoms with van der Waals surface area (Å²) < 4.78 is 17.2. The lowest BCUT2D eigenvalue weighted by molar-refractivity contribution is -0.137. The topological polar surface area (TPSA) is 59.0 Å². The van der Waals surface area contributed by atoms with Gasteiger partial charge in [-0.2, -0.15) is 0 Å². The van der Waals surface area contributed by atoms with Crippen LogP contribution in [0.4, 0.5) is 0 Å². The predicted molar refractivity (Wildman–Crippen MR) is 74.5 cm³/mol. The Morgan fingerprint density at radius 2 is 2.21 bits per heavy atom. The first kappa shape index (κ1) is 14.0. The molecule has 1 unspecified atom stereocenters. The molecule has 6 heteroatoms. The molecule has 0 aromatic carbocycles. The summed E-state index contributed by atoms with van der Waals surface area (Å²) in [5.41, 5.74) is 0.793. The average molecular weight is 282 g/mol. The Hall–Kier alpha value is -1.43. The number of ether oxygens (including phenoxy) is 1. The molecule has 0 amide bonds. The number of esters is 1. The summed E-state index contributed by atoms with van der Waals surface area (Å²) in [6.07, 6.45) is 3.56. The van der Waals surface area contributed by atoms with Crippen LogP contribution >= 0.6 is 0 Å². The molecule has 0 aromatic rings. The third-order valence-electron chi connectivity index (χ3n) is 2.83. The van der Waals surface area contributed by atoms with Gasteiger partial charge in [0.05, 0.1) is 6.61 Å². The van der Waals surface area contributed by atoms with Crippen molar-refractivity contribution in [2.24, 2.45) is 10.4 Å². The fourth-order valence-electron chi connectivity index (χ4n) is 1.82. The second kappa shape index (κ2) is 4.92. The van der Waals surface area contributed by atoms with E-state index in [-0.39, 0.29) is 16.9 Å². The van der Waals surface area contributed by atoms with Crippen LogP contribution in [0.5, 0.6) is 0 Å². The Morgan fingerprint density at radius 1 is 1.53 bits per heavy atom. The van der Waals surface area contributed by atoms with E-state index in [2.05, 4.69) is 25.8 Å². The Morgan fingerprint density at radius 3 is 2.79 bits per heavy atom. The van der Waals surface area contributed by atoms with E-state index in [0.717, 1.165) is 5.70 Å². The number of fused-ring (bicyclic) bond motifs is 1. The minimum Gasteiger partial charge on any atom is -0.462 e. The monoisotopic (exact) mass is 282 g/mol. The van der Waals surface area contributed by atoms with Gasteiger partial charge in [-0.05, 0) is 13.0 Å². The highest BCUT2D eigenvalue weighted by molar-refractivity contribution is 8.05. The number of nitrogens with zero attached hydrogens (tertiary/aromatic N) is 2. The molecule has 19 heavy (non-hydrogen) atoms. The van der Waals surface area contributed by atoms with Gasteiger partial charge in [0.25, 0.3) is 0 Å². The van der Waals surface area contributed by atoms with E-state index in [4.69, 9.17) is 4.74 Å². The first-order valence-corrected chi connectivity index (χ1v) is 7.36. The van der Waals surface area contributed by atoms with Crippen molar-refractivity contribution >= 4 is 21.9 Å². The smallest absolute Gasteiger partial charge is 0.349 e. The van der Waals surface area contributed by atoms with Crippen LogP contribution < -0.4 is 0 Å². The summed E-state index contributed by atoms with van der Waals surface area (Å²) >= 11 is 0. The summed E-state index contributed by atoms with van der Waals surface area (Å²) in [5.74, 6) is -0.532. The fraction of sp³-hybridized carbons (Fsp3) is 0.538. The summed E-state index contributed by atoms with van der Waals surface area (Å²) in [6.45, 7) is 8.73. The van der Waals surface area contributed by atoms with Gasteiger partial charge in [0.15, 0.2) is 0 Å². The van der Waals surface area contributed by atoms with Gasteiger partial charge in [0, 0.05) is 23.9 Å². The van der Waals surface area contributed by atoms with Gasteiger partial charge in [-0.3, -0.25) is 0 Å². The van der Waals surface area contributed by atoms with Crippen LogP contribution in [0.1, 0.15) is 27.7 Å². The Balaban J connectivity index is 2.26. The van der Waals surface area contributed by atoms with Crippen molar-refractivity contribution < 1.29 is 13.7 Å². The SMILES string of the molecule is CCOC(=O)C1=CN2CC=C(C(C)(C)C)N=C2S1=O. The average Bonchev–Trinajstić information content (AvgIpc) is 2.66. The minimum atomic E-state index is -1.54. The molecule has 0 spiro atoms. The van der Waals surface area contributed by atoms with Crippen molar-refractivity contribution in [3.8, 4) is 0 Å². The van der Waals surface area contributed by atoms with E-state index < -0.39 is 16.8 Å². The lowest BCUT2D eigenvalue weighted by atomic mass is 9.91. The highest BCUT2D eigenvalue weighted by atomic mass is 32.2. The van der Waals surface area contributed by atoms with Gasteiger partial charge >= 0.3 is 5.97 Å². The van der Waals surface area contributed by atoms with E-state index >= 15 is 0 Å². The van der Waals surface area contributed by atoms with Gasteiger partial charge in [-0.15, -0.1) is 0 Å². The molecule has 2 heterocycles. The van der Waals surface area contributed by atoms with Crippen molar-refractivity contribution in [3.05, 3.63) is 22.9 Å². The summed E-state index contributed by atoms with van der Waals surface area (Å²) in [4.78, 5) is 18.0. The first-order valence-electron chi connectivity index (χ1n) is 6.21. The Kier molecular flexibility index (Phi) is 3.62. The number of allylic oxidation sites excluding steroid dienone is 1. The van der Waals surface area contributed by atoms with Gasteiger partial charge in [0.1, 0.15) is 15.7 Å². The first-order chi connectivity index (χ1) is 8.84. The number of hydrogen-bond donors (Lipinski definition) is 0. The lowest BCUT2D eigenvalue weighted by Gasteiger charge is -2.26. The maximum absolute atomic E-state index is 12.3. The molecule has 0 radical (unpaired) electrons. The molecule has 1 atom stereocenters. The third kappa shape index (κ3) is 2.63. The molecule has 0 aliphatic carbocycles.